The third kappa shape index (κ3) is 2.63. The molecule has 2 nitrogen and oxygen atoms in total. The van der Waals surface area contributed by atoms with E-state index in [0.717, 1.165) is 19.4 Å². The second-order valence-corrected chi connectivity index (χ2v) is 5.02. The monoisotopic (exact) mass is 219 g/mol. The van der Waals surface area contributed by atoms with Gasteiger partial charge in [-0.05, 0) is 38.3 Å². The van der Waals surface area contributed by atoms with Crippen LogP contribution in [0.3, 0.4) is 0 Å². The first-order valence-electron chi connectivity index (χ1n) is 6.10. The standard InChI is InChI=1S/C14H21NO/c1-11(13-6-4-3-5-7-13)15(2)10-12-8-14(16)9-12/h3-7,11-12,14,16H,8-10H2,1-2H3. The lowest BCUT2D eigenvalue weighted by Crippen LogP contribution is -2.37. The summed E-state index contributed by atoms with van der Waals surface area (Å²) in [4.78, 5) is 2.38. The summed E-state index contributed by atoms with van der Waals surface area (Å²) in [5.41, 5.74) is 1.37. The van der Waals surface area contributed by atoms with E-state index < -0.39 is 0 Å². The van der Waals surface area contributed by atoms with Gasteiger partial charge in [0.25, 0.3) is 0 Å². The van der Waals surface area contributed by atoms with Crippen molar-refractivity contribution in [3.63, 3.8) is 0 Å². The lowest BCUT2D eigenvalue weighted by Gasteiger charge is -2.36. The van der Waals surface area contributed by atoms with E-state index in [-0.39, 0.29) is 6.10 Å². The van der Waals surface area contributed by atoms with Crippen LogP contribution in [-0.2, 0) is 0 Å². The minimum Gasteiger partial charge on any atom is -0.393 e. The van der Waals surface area contributed by atoms with Crippen LogP contribution in [0, 0.1) is 5.92 Å². The van der Waals surface area contributed by atoms with Crippen LogP contribution in [0.25, 0.3) is 0 Å². The van der Waals surface area contributed by atoms with Crippen molar-refractivity contribution in [1.29, 1.82) is 0 Å². The highest BCUT2D eigenvalue weighted by Gasteiger charge is 2.28. The van der Waals surface area contributed by atoms with E-state index in [2.05, 4.69) is 49.2 Å². The molecule has 0 aliphatic heterocycles. The van der Waals surface area contributed by atoms with Gasteiger partial charge in [-0.1, -0.05) is 30.3 Å². The minimum absolute atomic E-state index is 0.0366. The zero-order valence-corrected chi connectivity index (χ0v) is 10.1. The number of rotatable bonds is 4. The number of hydrogen-bond donors (Lipinski definition) is 1. The molecule has 1 N–H and O–H groups in total. The molecule has 1 aliphatic carbocycles. The van der Waals surface area contributed by atoms with Crippen LogP contribution >= 0.6 is 0 Å². The summed E-state index contributed by atoms with van der Waals surface area (Å²) in [6.07, 6.45) is 1.92. The maximum atomic E-state index is 9.27. The Morgan fingerprint density at radius 2 is 1.94 bits per heavy atom. The highest BCUT2D eigenvalue weighted by Crippen LogP contribution is 2.30. The molecular weight excluding hydrogens is 198 g/mol. The van der Waals surface area contributed by atoms with Crippen molar-refractivity contribution in [3.05, 3.63) is 35.9 Å². The molecule has 88 valence electrons. The van der Waals surface area contributed by atoms with Crippen molar-refractivity contribution in [2.45, 2.75) is 31.9 Å². The highest BCUT2D eigenvalue weighted by atomic mass is 16.3. The van der Waals surface area contributed by atoms with Crippen molar-refractivity contribution in [1.82, 2.24) is 4.90 Å². The molecule has 0 spiro atoms. The van der Waals surface area contributed by atoms with Gasteiger partial charge in [0, 0.05) is 12.6 Å². The summed E-state index contributed by atoms with van der Waals surface area (Å²) in [5.74, 6) is 0.686. The molecule has 0 aromatic heterocycles. The molecule has 1 saturated carbocycles. The Morgan fingerprint density at radius 1 is 1.31 bits per heavy atom. The molecule has 0 bridgehead atoms. The van der Waals surface area contributed by atoms with Gasteiger partial charge in [0.2, 0.25) is 0 Å². The molecule has 2 heteroatoms. The van der Waals surface area contributed by atoms with E-state index in [4.69, 9.17) is 0 Å². The van der Waals surface area contributed by atoms with E-state index in [9.17, 15) is 5.11 Å². The third-order valence-corrected chi connectivity index (χ3v) is 3.70. The zero-order valence-electron chi connectivity index (χ0n) is 10.1. The van der Waals surface area contributed by atoms with E-state index in [1.165, 1.54) is 5.56 Å². The van der Waals surface area contributed by atoms with Gasteiger partial charge in [0.05, 0.1) is 6.10 Å². The first-order chi connectivity index (χ1) is 7.66. The molecule has 1 aromatic rings. The number of aliphatic hydroxyl groups is 1. The van der Waals surface area contributed by atoms with Gasteiger partial charge in [0.15, 0.2) is 0 Å². The molecule has 1 aliphatic rings. The van der Waals surface area contributed by atoms with Crippen molar-refractivity contribution in [3.8, 4) is 0 Å². The van der Waals surface area contributed by atoms with Gasteiger partial charge < -0.3 is 5.11 Å². The maximum absolute atomic E-state index is 9.27. The molecule has 0 saturated heterocycles. The van der Waals surface area contributed by atoms with Gasteiger partial charge in [-0.15, -0.1) is 0 Å². The molecule has 1 fully saturated rings. The first kappa shape index (κ1) is 11.6. The van der Waals surface area contributed by atoms with E-state index >= 15 is 0 Å². The van der Waals surface area contributed by atoms with Crippen molar-refractivity contribution in [2.24, 2.45) is 5.92 Å². The quantitative estimate of drug-likeness (QED) is 0.841. The van der Waals surface area contributed by atoms with Crippen LogP contribution in [-0.4, -0.2) is 29.7 Å². The van der Waals surface area contributed by atoms with Crippen LogP contribution in [0.5, 0.6) is 0 Å². The van der Waals surface area contributed by atoms with Gasteiger partial charge in [-0.25, -0.2) is 0 Å². The van der Waals surface area contributed by atoms with Crippen LogP contribution < -0.4 is 0 Å². The summed E-state index contributed by atoms with van der Waals surface area (Å²) in [5, 5.41) is 9.27. The zero-order chi connectivity index (χ0) is 11.5. The predicted octanol–water partition coefficient (Wildman–Crippen LogP) is 2.45. The Labute approximate surface area is 97.9 Å². The number of hydrogen-bond acceptors (Lipinski definition) is 2. The molecule has 2 rings (SSSR count). The van der Waals surface area contributed by atoms with Crippen LogP contribution in [0.15, 0.2) is 30.3 Å². The molecule has 0 radical (unpaired) electrons. The normalized spacial score (nSPS) is 26.5. The van der Waals surface area contributed by atoms with Gasteiger partial charge >= 0.3 is 0 Å². The van der Waals surface area contributed by atoms with Crippen molar-refractivity contribution in [2.75, 3.05) is 13.6 Å². The fraction of sp³-hybridized carbons (Fsp3) is 0.571. The molecule has 1 unspecified atom stereocenters. The Bertz CT molecular complexity index is 319. The Morgan fingerprint density at radius 3 is 2.50 bits per heavy atom. The number of benzene rings is 1. The fourth-order valence-corrected chi connectivity index (χ4v) is 2.40. The smallest absolute Gasteiger partial charge is 0.0546 e. The Hall–Kier alpha value is -0.860. The summed E-state index contributed by atoms with van der Waals surface area (Å²) in [6.45, 7) is 3.33. The SMILES string of the molecule is CC(c1ccccc1)N(C)CC1CC(O)C1. The number of nitrogens with zero attached hydrogens (tertiary/aromatic N) is 1. The molecule has 0 heterocycles. The second kappa shape index (κ2) is 4.98. The topological polar surface area (TPSA) is 23.5 Å². The Balaban J connectivity index is 1.87. The number of aliphatic hydroxyl groups excluding tert-OH is 1. The third-order valence-electron chi connectivity index (χ3n) is 3.70. The maximum Gasteiger partial charge on any atom is 0.0546 e. The predicted molar refractivity (Wildman–Crippen MR) is 66.2 cm³/mol. The van der Waals surface area contributed by atoms with Crippen molar-refractivity contribution < 1.29 is 5.11 Å². The average Bonchev–Trinajstić information content (AvgIpc) is 2.27. The highest BCUT2D eigenvalue weighted by molar-refractivity contribution is 5.18. The Kier molecular flexibility index (Phi) is 3.62. The summed E-state index contributed by atoms with van der Waals surface area (Å²) in [6, 6.07) is 11.0. The average molecular weight is 219 g/mol. The first-order valence-corrected chi connectivity index (χ1v) is 6.10. The lowest BCUT2D eigenvalue weighted by atomic mass is 9.82. The lowest BCUT2D eigenvalue weighted by molar-refractivity contribution is 0.0230. The van der Waals surface area contributed by atoms with E-state index in [0.29, 0.717) is 12.0 Å². The minimum atomic E-state index is -0.0366. The summed E-state index contributed by atoms with van der Waals surface area (Å²) < 4.78 is 0. The molecule has 16 heavy (non-hydrogen) atoms. The molecular formula is C14H21NO. The van der Waals surface area contributed by atoms with E-state index in [1.54, 1.807) is 0 Å². The second-order valence-electron chi connectivity index (χ2n) is 5.02. The van der Waals surface area contributed by atoms with Crippen LogP contribution in [0.4, 0.5) is 0 Å². The largest absolute Gasteiger partial charge is 0.393 e. The van der Waals surface area contributed by atoms with Gasteiger partial charge in [-0.3, -0.25) is 4.90 Å². The van der Waals surface area contributed by atoms with Crippen LogP contribution in [0.2, 0.25) is 0 Å². The van der Waals surface area contributed by atoms with Gasteiger partial charge in [0.1, 0.15) is 0 Å². The van der Waals surface area contributed by atoms with Gasteiger partial charge in [-0.2, -0.15) is 0 Å². The van der Waals surface area contributed by atoms with Crippen molar-refractivity contribution >= 4 is 0 Å². The molecule has 1 aromatic carbocycles. The summed E-state index contributed by atoms with van der Waals surface area (Å²) in [7, 11) is 2.17. The molecule has 0 amide bonds. The summed E-state index contributed by atoms with van der Waals surface area (Å²) >= 11 is 0. The van der Waals surface area contributed by atoms with E-state index in [1.807, 2.05) is 0 Å². The molecule has 1 atom stereocenters. The van der Waals surface area contributed by atoms with Crippen LogP contribution in [0.1, 0.15) is 31.4 Å². The fourth-order valence-electron chi connectivity index (χ4n) is 2.40.